The van der Waals surface area contributed by atoms with E-state index in [4.69, 9.17) is 10.5 Å². The zero-order chi connectivity index (χ0) is 15.0. The van der Waals surface area contributed by atoms with Gasteiger partial charge in [-0.15, -0.1) is 35.3 Å². The highest BCUT2D eigenvalue weighted by atomic mass is 127. The van der Waals surface area contributed by atoms with Gasteiger partial charge >= 0.3 is 5.97 Å². The zero-order valence-electron chi connectivity index (χ0n) is 12.7. The van der Waals surface area contributed by atoms with Gasteiger partial charge in [0.1, 0.15) is 5.60 Å². The van der Waals surface area contributed by atoms with E-state index >= 15 is 0 Å². The first-order valence-corrected chi connectivity index (χ1v) is 7.53. The van der Waals surface area contributed by atoms with E-state index in [9.17, 15) is 4.79 Å². The van der Waals surface area contributed by atoms with Gasteiger partial charge in [0.15, 0.2) is 5.96 Å². The fraction of sp³-hybridized carbons (Fsp3) is 0.571. The van der Waals surface area contributed by atoms with Crippen molar-refractivity contribution in [3.63, 3.8) is 0 Å². The van der Waals surface area contributed by atoms with Crippen LogP contribution in [-0.2, 0) is 16.0 Å². The number of nitrogens with one attached hydrogen (secondary N) is 1. The Morgan fingerprint density at radius 2 is 2.19 bits per heavy atom. The molecule has 5 nitrogen and oxygen atoms in total. The lowest BCUT2D eigenvalue weighted by Crippen LogP contribution is -2.34. The Kier molecular flexibility index (Phi) is 9.60. The van der Waals surface area contributed by atoms with Gasteiger partial charge in [0, 0.05) is 24.4 Å². The first kappa shape index (κ1) is 20.2. The number of halogens is 1. The van der Waals surface area contributed by atoms with Crippen LogP contribution in [0.3, 0.4) is 0 Å². The van der Waals surface area contributed by atoms with Crippen molar-refractivity contribution in [3.05, 3.63) is 22.4 Å². The highest BCUT2D eigenvalue weighted by Gasteiger charge is 2.15. The van der Waals surface area contributed by atoms with Gasteiger partial charge < -0.3 is 15.8 Å². The number of hydrogen-bond donors (Lipinski definition) is 2. The topological polar surface area (TPSA) is 76.7 Å². The normalized spacial score (nSPS) is 11.7. The Morgan fingerprint density at radius 1 is 1.48 bits per heavy atom. The lowest BCUT2D eigenvalue weighted by atomic mass is 10.2. The monoisotopic (exact) mass is 425 g/mol. The molecule has 7 heteroatoms. The van der Waals surface area contributed by atoms with Crippen LogP contribution in [0, 0.1) is 0 Å². The number of carbonyl (C=O) groups excluding carboxylic acids is 1. The molecule has 0 fully saturated rings. The van der Waals surface area contributed by atoms with Crippen molar-refractivity contribution in [2.24, 2.45) is 10.7 Å². The summed E-state index contributed by atoms with van der Waals surface area (Å²) in [6.07, 6.45) is 1.16. The number of nitrogens with zero attached hydrogens (tertiary/aromatic N) is 1. The molecule has 0 saturated carbocycles. The maximum absolute atomic E-state index is 11.5. The molecule has 0 aliphatic rings. The Morgan fingerprint density at radius 3 is 2.76 bits per heavy atom. The molecule has 1 aromatic rings. The van der Waals surface area contributed by atoms with Crippen molar-refractivity contribution in [2.75, 3.05) is 13.1 Å². The summed E-state index contributed by atoms with van der Waals surface area (Å²) in [5.41, 5.74) is 5.27. The molecule has 1 heterocycles. The second-order valence-corrected chi connectivity index (χ2v) is 6.39. The smallest absolute Gasteiger partial charge is 0.308 e. The third kappa shape index (κ3) is 10.5. The predicted molar refractivity (Wildman–Crippen MR) is 98.4 cm³/mol. The maximum atomic E-state index is 11.5. The molecule has 21 heavy (non-hydrogen) atoms. The van der Waals surface area contributed by atoms with Crippen LogP contribution in [0.2, 0.25) is 0 Å². The fourth-order valence-electron chi connectivity index (χ4n) is 1.48. The molecule has 0 atom stereocenters. The molecular weight excluding hydrogens is 401 g/mol. The number of thiophene rings is 1. The van der Waals surface area contributed by atoms with E-state index in [-0.39, 0.29) is 36.4 Å². The van der Waals surface area contributed by atoms with E-state index in [1.165, 1.54) is 4.88 Å². The van der Waals surface area contributed by atoms with E-state index in [1.807, 2.05) is 32.2 Å². The van der Waals surface area contributed by atoms with E-state index in [1.54, 1.807) is 11.3 Å². The molecule has 0 unspecified atom stereocenters. The molecule has 0 radical (unpaired) electrons. The third-order valence-electron chi connectivity index (χ3n) is 2.28. The highest BCUT2D eigenvalue weighted by molar-refractivity contribution is 14.0. The van der Waals surface area contributed by atoms with Crippen molar-refractivity contribution in [2.45, 2.75) is 39.2 Å². The van der Waals surface area contributed by atoms with Crippen molar-refractivity contribution in [1.82, 2.24) is 5.32 Å². The van der Waals surface area contributed by atoms with E-state index < -0.39 is 5.60 Å². The molecule has 0 amide bonds. The number of carbonyl (C=O) groups is 1. The molecular formula is C14H24IN3O2S. The van der Waals surface area contributed by atoms with Gasteiger partial charge in [-0.2, -0.15) is 0 Å². The van der Waals surface area contributed by atoms with Crippen LogP contribution in [0.4, 0.5) is 0 Å². The van der Waals surface area contributed by atoms with Crippen molar-refractivity contribution in [1.29, 1.82) is 0 Å². The molecule has 0 bridgehead atoms. The van der Waals surface area contributed by atoms with Crippen LogP contribution >= 0.6 is 35.3 Å². The van der Waals surface area contributed by atoms with Crippen LogP contribution in [0.15, 0.2) is 22.5 Å². The number of hydrogen-bond acceptors (Lipinski definition) is 4. The average molecular weight is 425 g/mol. The molecule has 1 rings (SSSR count). The second-order valence-electron chi connectivity index (χ2n) is 5.36. The first-order chi connectivity index (χ1) is 9.37. The Balaban J connectivity index is 0.00000400. The van der Waals surface area contributed by atoms with Crippen LogP contribution in [0.1, 0.15) is 32.1 Å². The Bertz CT molecular complexity index is 442. The van der Waals surface area contributed by atoms with Gasteiger partial charge in [-0.1, -0.05) is 6.07 Å². The number of guanidine groups is 1. The van der Waals surface area contributed by atoms with Gasteiger partial charge in [-0.3, -0.25) is 9.79 Å². The first-order valence-electron chi connectivity index (χ1n) is 6.65. The van der Waals surface area contributed by atoms with Crippen molar-refractivity contribution >= 4 is 47.2 Å². The standard InChI is InChI=1S/C14H23N3O2S.HI/c1-14(2,3)19-12(18)7-9-17-13(15)16-8-6-11-5-4-10-20-11;/h4-5,10H,6-9H2,1-3H3,(H3,15,16,17);1H. The van der Waals surface area contributed by atoms with Crippen molar-refractivity contribution < 1.29 is 9.53 Å². The number of esters is 1. The van der Waals surface area contributed by atoms with Gasteiger partial charge in [0.05, 0.1) is 6.42 Å². The lowest BCUT2D eigenvalue weighted by molar-refractivity contribution is -0.154. The van der Waals surface area contributed by atoms with Crippen LogP contribution in [0.5, 0.6) is 0 Å². The summed E-state index contributed by atoms with van der Waals surface area (Å²) in [5.74, 6) is 0.126. The van der Waals surface area contributed by atoms with Crippen molar-refractivity contribution in [3.8, 4) is 0 Å². The van der Waals surface area contributed by atoms with Gasteiger partial charge in [-0.25, -0.2) is 0 Å². The molecule has 0 aliphatic heterocycles. The average Bonchev–Trinajstić information content (AvgIpc) is 2.79. The van der Waals surface area contributed by atoms with Gasteiger partial charge in [0.2, 0.25) is 0 Å². The number of aliphatic imine (C=N–C) groups is 1. The highest BCUT2D eigenvalue weighted by Crippen LogP contribution is 2.09. The number of ether oxygens (including phenoxy) is 1. The summed E-state index contributed by atoms with van der Waals surface area (Å²) in [6, 6.07) is 4.10. The third-order valence-corrected chi connectivity index (χ3v) is 3.21. The molecule has 3 N–H and O–H groups in total. The predicted octanol–water partition coefficient (Wildman–Crippen LogP) is 2.54. The maximum Gasteiger partial charge on any atom is 0.308 e. The van der Waals surface area contributed by atoms with Crippen LogP contribution < -0.4 is 11.1 Å². The van der Waals surface area contributed by atoms with Gasteiger partial charge in [0.25, 0.3) is 0 Å². The summed E-state index contributed by atoms with van der Waals surface area (Å²) in [6.45, 7) is 6.62. The quantitative estimate of drug-likeness (QED) is 0.318. The molecule has 120 valence electrons. The molecule has 0 aromatic carbocycles. The minimum absolute atomic E-state index is 0. The summed E-state index contributed by atoms with van der Waals surface area (Å²) in [5, 5.41) is 4.95. The van der Waals surface area contributed by atoms with E-state index in [2.05, 4.69) is 16.4 Å². The summed E-state index contributed by atoms with van der Waals surface area (Å²) < 4.78 is 5.19. The molecule has 0 aliphatic carbocycles. The molecule has 1 aromatic heterocycles. The minimum atomic E-state index is -0.447. The van der Waals surface area contributed by atoms with Gasteiger partial charge in [-0.05, 0) is 32.2 Å². The summed E-state index contributed by atoms with van der Waals surface area (Å²) in [7, 11) is 0. The number of nitrogens with two attached hydrogens (primary N) is 1. The zero-order valence-corrected chi connectivity index (χ0v) is 15.9. The van der Waals surface area contributed by atoms with Crippen LogP contribution in [-0.4, -0.2) is 30.6 Å². The Labute approximate surface area is 147 Å². The SMILES string of the molecule is CC(C)(C)OC(=O)CCNC(N)=NCCc1cccs1.I. The van der Waals surface area contributed by atoms with E-state index in [0.29, 0.717) is 19.0 Å². The summed E-state index contributed by atoms with van der Waals surface area (Å²) >= 11 is 1.71. The molecule has 0 saturated heterocycles. The number of rotatable bonds is 6. The fourth-order valence-corrected chi connectivity index (χ4v) is 2.18. The molecule has 0 spiro atoms. The minimum Gasteiger partial charge on any atom is -0.460 e. The largest absolute Gasteiger partial charge is 0.460 e. The Hall–Kier alpha value is -0.830. The lowest BCUT2D eigenvalue weighted by Gasteiger charge is -2.19. The van der Waals surface area contributed by atoms with E-state index in [0.717, 1.165) is 6.42 Å². The second kappa shape index (κ2) is 9.99. The van der Waals surface area contributed by atoms with Crippen LogP contribution in [0.25, 0.3) is 0 Å². The summed E-state index contributed by atoms with van der Waals surface area (Å²) in [4.78, 5) is 17.0.